The highest BCUT2D eigenvalue weighted by Crippen LogP contribution is 2.42. The van der Waals surface area contributed by atoms with E-state index in [1.165, 1.54) is 5.57 Å². The molecule has 3 nitrogen and oxygen atoms in total. The number of benzene rings is 1. The zero-order chi connectivity index (χ0) is 14.0. The molecule has 2 N–H and O–H groups in total. The standard InChI is InChI=1S/C16H23NO2/c1-16(2)9-11(7-12(17)10-16)14-8-13(18-3)5-6-15(14)19-4/h5-8,12H,9-10,17H2,1-4H3. The molecule has 0 aliphatic heterocycles. The van der Waals surface area contributed by atoms with Gasteiger partial charge in [-0.3, -0.25) is 0 Å². The van der Waals surface area contributed by atoms with Gasteiger partial charge in [-0.05, 0) is 42.0 Å². The van der Waals surface area contributed by atoms with E-state index in [1.807, 2.05) is 18.2 Å². The first-order chi connectivity index (χ1) is 8.95. The number of hydrogen-bond donors (Lipinski definition) is 1. The summed E-state index contributed by atoms with van der Waals surface area (Å²) in [4.78, 5) is 0. The molecule has 19 heavy (non-hydrogen) atoms. The van der Waals surface area contributed by atoms with E-state index in [4.69, 9.17) is 15.2 Å². The lowest BCUT2D eigenvalue weighted by Gasteiger charge is -2.33. The second-order valence-electron chi connectivity index (χ2n) is 5.97. The molecular weight excluding hydrogens is 238 g/mol. The minimum Gasteiger partial charge on any atom is -0.497 e. The highest BCUT2D eigenvalue weighted by atomic mass is 16.5. The summed E-state index contributed by atoms with van der Waals surface area (Å²) in [6.07, 6.45) is 4.18. The molecule has 0 radical (unpaired) electrons. The van der Waals surface area contributed by atoms with Gasteiger partial charge in [0.05, 0.1) is 14.2 Å². The number of nitrogens with two attached hydrogens (primary N) is 1. The van der Waals surface area contributed by atoms with Crippen molar-refractivity contribution in [2.24, 2.45) is 11.1 Å². The summed E-state index contributed by atoms with van der Waals surface area (Å²) >= 11 is 0. The van der Waals surface area contributed by atoms with Crippen molar-refractivity contribution in [2.75, 3.05) is 14.2 Å². The monoisotopic (exact) mass is 261 g/mol. The summed E-state index contributed by atoms with van der Waals surface area (Å²) < 4.78 is 10.8. The molecule has 1 aromatic carbocycles. The van der Waals surface area contributed by atoms with Crippen molar-refractivity contribution in [2.45, 2.75) is 32.7 Å². The van der Waals surface area contributed by atoms with E-state index in [0.29, 0.717) is 0 Å². The van der Waals surface area contributed by atoms with Crippen LogP contribution in [-0.2, 0) is 0 Å². The third-order valence-electron chi connectivity index (χ3n) is 3.63. The van der Waals surface area contributed by atoms with Crippen LogP contribution in [0.4, 0.5) is 0 Å². The van der Waals surface area contributed by atoms with Gasteiger partial charge < -0.3 is 15.2 Å². The maximum atomic E-state index is 6.15. The van der Waals surface area contributed by atoms with Crippen molar-refractivity contribution in [3.8, 4) is 11.5 Å². The summed E-state index contributed by atoms with van der Waals surface area (Å²) in [5.74, 6) is 1.71. The van der Waals surface area contributed by atoms with Crippen LogP contribution in [0.15, 0.2) is 24.3 Å². The van der Waals surface area contributed by atoms with Crippen LogP contribution in [0.25, 0.3) is 5.57 Å². The Labute approximate surface area is 115 Å². The third-order valence-corrected chi connectivity index (χ3v) is 3.63. The van der Waals surface area contributed by atoms with E-state index in [-0.39, 0.29) is 11.5 Å². The van der Waals surface area contributed by atoms with Gasteiger partial charge in [0.1, 0.15) is 11.5 Å². The predicted octanol–water partition coefficient (Wildman–Crippen LogP) is 3.23. The van der Waals surface area contributed by atoms with Gasteiger partial charge in [-0.25, -0.2) is 0 Å². The summed E-state index contributed by atoms with van der Waals surface area (Å²) in [5.41, 5.74) is 8.71. The average molecular weight is 261 g/mol. The minimum absolute atomic E-state index is 0.106. The van der Waals surface area contributed by atoms with Crippen molar-refractivity contribution < 1.29 is 9.47 Å². The van der Waals surface area contributed by atoms with E-state index in [0.717, 1.165) is 29.9 Å². The molecule has 0 amide bonds. The maximum Gasteiger partial charge on any atom is 0.126 e. The van der Waals surface area contributed by atoms with Crippen LogP contribution < -0.4 is 15.2 Å². The van der Waals surface area contributed by atoms with E-state index >= 15 is 0 Å². The average Bonchev–Trinajstić information content (AvgIpc) is 2.35. The summed E-state index contributed by atoms with van der Waals surface area (Å²) in [7, 11) is 3.37. The van der Waals surface area contributed by atoms with Gasteiger partial charge in [-0.1, -0.05) is 19.9 Å². The van der Waals surface area contributed by atoms with Gasteiger partial charge in [-0.15, -0.1) is 0 Å². The van der Waals surface area contributed by atoms with Gasteiger partial charge in [0, 0.05) is 11.6 Å². The molecule has 0 aromatic heterocycles. The molecule has 1 aliphatic carbocycles. The fourth-order valence-electron chi connectivity index (χ4n) is 2.85. The molecule has 0 saturated heterocycles. The van der Waals surface area contributed by atoms with E-state index < -0.39 is 0 Å². The van der Waals surface area contributed by atoms with E-state index in [1.54, 1.807) is 14.2 Å². The van der Waals surface area contributed by atoms with Crippen molar-refractivity contribution >= 4 is 5.57 Å². The SMILES string of the molecule is COc1ccc(OC)c(C2=CC(N)CC(C)(C)C2)c1. The van der Waals surface area contributed by atoms with Gasteiger partial charge in [0.25, 0.3) is 0 Å². The van der Waals surface area contributed by atoms with Crippen molar-refractivity contribution in [3.05, 3.63) is 29.8 Å². The normalized spacial score (nSPS) is 21.7. The van der Waals surface area contributed by atoms with Gasteiger partial charge in [0.15, 0.2) is 0 Å². The zero-order valence-corrected chi connectivity index (χ0v) is 12.2. The van der Waals surface area contributed by atoms with Crippen LogP contribution in [-0.4, -0.2) is 20.3 Å². The maximum absolute atomic E-state index is 6.15. The Bertz CT molecular complexity index is 492. The molecule has 0 heterocycles. The molecular formula is C16H23NO2. The zero-order valence-electron chi connectivity index (χ0n) is 12.2. The Hall–Kier alpha value is -1.48. The van der Waals surface area contributed by atoms with Gasteiger partial charge in [0.2, 0.25) is 0 Å². The van der Waals surface area contributed by atoms with Crippen LogP contribution in [0.1, 0.15) is 32.3 Å². The Morgan fingerprint density at radius 3 is 2.53 bits per heavy atom. The molecule has 0 spiro atoms. The Morgan fingerprint density at radius 1 is 1.21 bits per heavy atom. The summed E-state index contributed by atoms with van der Waals surface area (Å²) in [6, 6.07) is 5.99. The van der Waals surface area contributed by atoms with E-state index in [2.05, 4.69) is 19.9 Å². The lowest BCUT2D eigenvalue weighted by Crippen LogP contribution is -2.30. The first kappa shape index (κ1) is 13.9. The first-order valence-electron chi connectivity index (χ1n) is 6.64. The number of hydrogen-bond acceptors (Lipinski definition) is 3. The van der Waals surface area contributed by atoms with Crippen molar-refractivity contribution in [1.82, 2.24) is 0 Å². The Morgan fingerprint density at radius 2 is 1.95 bits per heavy atom. The number of allylic oxidation sites excluding steroid dienone is 1. The molecule has 0 bridgehead atoms. The van der Waals surface area contributed by atoms with Crippen LogP contribution in [0.3, 0.4) is 0 Å². The summed E-state index contributed by atoms with van der Waals surface area (Å²) in [5, 5.41) is 0. The quantitative estimate of drug-likeness (QED) is 0.908. The molecule has 104 valence electrons. The summed E-state index contributed by atoms with van der Waals surface area (Å²) in [6.45, 7) is 4.51. The number of ether oxygens (including phenoxy) is 2. The van der Waals surface area contributed by atoms with Crippen LogP contribution >= 0.6 is 0 Å². The van der Waals surface area contributed by atoms with Gasteiger partial charge in [-0.2, -0.15) is 0 Å². The topological polar surface area (TPSA) is 44.5 Å². The highest BCUT2D eigenvalue weighted by molar-refractivity contribution is 5.73. The molecule has 0 saturated carbocycles. The first-order valence-corrected chi connectivity index (χ1v) is 6.64. The van der Waals surface area contributed by atoms with Crippen molar-refractivity contribution in [1.29, 1.82) is 0 Å². The smallest absolute Gasteiger partial charge is 0.126 e. The highest BCUT2D eigenvalue weighted by Gasteiger charge is 2.28. The van der Waals surface area contributed by atoms with E-state index in [9.17, 15) is 0 Å². The van der Waals surface area contributed by atoms with Crippen LogP contribution in [0, 0.1) is 5.41 Å². The minimum atomic E-state index is 0.106. The van der Waals surface area contributed by atoms with Crippen LogP contribution in [0.2, 0.25) is 0 Å². The number of rotatable bonds is 3. The largest absolute Gasteiger partial charge is 0.497 e. The molecule has 1 aliphatic rings. The fourth-order valence-corrected chi connectivity index (χ4v) is 2.85. The van der Waals surface area contributed by atoms with Gasteiger partial charge >= 0.3 is 0 Å². The van der Waals surface area contributed by atoms with Crippen LogP contribution in [0.5, 0.6) is 11.5 Å². The predicted molar refractivity (Wildman–Crippen MR) is 78.5 cm³/mol. The lowest BCUT2D eigenvalue weighted by molar-refractivity contribution is 0.318. The molecule has 1 atom stereocenters. The number of methoxy groups -OCH3 is 2. The molecule has 1 unspecified atom stereocenters. The fraction of sp³-hybridized carbons (Fsp3) is 0.500. The lowest BCUT2D eigenvalue weighted by atomic mass is 9.74. The third kappa shape index (κ3) is 3.10. The second kappa shape index (κ2) is 5.25. The Balaban J connectivity index is 2.45. The molecule has 3 heteroatoms. The van der Waals surface area contributed by atoms with Crippen molar-refractivity contribution in [3.63, 3.8) is 0 Å². The molecule has 0 fully saturated rings. The molecule has 1 aromatic rings. The Kier molecular flexibility index (Phi) is 3.85. The second-order valence-corrected chi connectivity index (χ2v) is 5.97. The molecule has 2 rings (SSSR count).